The highest BCUT2D eigenvalue weighted by molar-refractivity contribution is 6.02. The fraction of sp³-hybridized carbons (Fsp3) is 0.176. The Morgan fingerprint density at radius 2 is 2.00 bits per heavy atom. The number of benzene rings is 2. The molecule has 0 aromatic heterocycles. The van der Waals surface area contributed by atoms with Crippen molar-refractivity contribution in [1.82, 2.24) is 5.43 Å². The number of aryl methyl sites for hydroxylation is 1. The van der Waals surface area contributed by atoms with E-state index in [2.05, 4.69) is 10.5 Å². The third kappa shape index (κ3) is 3.63. The van der Waals surface area contributed by atoms with Gasteiger partial charge in [-0.05, 0) is 44.2 Å². The van der Waals surface area contributed by atoms with E-state index < -0.39 is 0 Å². The summed E-state index contributed by atoms with van der Waals surface area (Å²) in [5.41, 5.74) is 5.34. The zero-order valence-electron chi connectivity index (χ0n) is 12.8. The predicted molar refractivity (Wildman–Crippen MR) is 85.5 cm³/mol. The van der Waals surface area contributed by atoms with Gasteiger partial charge in [-0.2, -0.15) is 5.10 Å². The van der Waals surface area contributed by atoms with E-state index in [-0.39, 0.29) is 11.7 Å². The standard InChI is InChI=1S/C17H18N2O3/c1-11-7-8-16(22-3)15(9-11)12(2)18-19-17(21)13-5-4-6-14(20)10-13/h4-10,20H,1-3H3,(H,19,21)/b18-12-. The summed E-state index contributed by atoms with van der Waals surface area (Å²) in [6.07, 6.45) is 0. The molecular formula is C17H18N2O3. The number of nitrogens with one attached hydrogen (secondary N) is 1. The third-order valence-corrected chi connectivity index (χ3v) is 3.18. The van der Waals surface area contributed by atoms with Crippen molar-refractivity contribution in [3.05, 3.63) is 59.2 Å². The minimum absolute atomic E-state index is 0.0358. The van der Waals surface area contributed by atoms with Crippen LogP contribution in [-0.2, 0) is 0 Å². The molecule has 5 nitrogen and oxygen atoms in total. The van der Waals surface area contributed by atoms with E-state index in [1.54, 1.807) is 26.2 Å². The van der Waals surface area contributed by atoms with Gasteiger partial charge in [-0.15, -0.1) is 0 Å². The second-order valence-corrected chi connectivity index (χ2v) is 4.89. The molecule has 114 valence electrons. The van der Waals surface area contributed by atoms with Crippen LogP contribution in [0.3, 0.4) is 0 Å². The van der Waals surface area contributed by atoms with Gasteiger partial charge in [0.25, 0.3) is 5.91 Å². The van der Waals surface area contributed by atoms with Crippen LogP contribution in [0, 0.1) is 6.92 Å². The van der Waals surface area contributed by atoms with Gasteiger partial charge in [0.15, 0.2) is 0 Å². The maximum atomic E-state index is 12.0. The molecule has 0 aliphatic carbocycles. The van der Waals surface area contributed by atoms with Gasteiger partial charge >= 0.3 is 0 Å². The van der Waals surface area contributed by atoms with Crippen molar-refractivity contribution in [1.29, 1.82) is 0 Å². The highest BCUT2D eigenvalue weighted by atomic mass is 16.5. The topological polar surface area (TPSA) is 70.9 Å². The molecule has 0 saturated carbocycles. The van der Waals surface area contributed by atoms with E-state index in [4.69, 9.17) is 4.74 Å². The molecule has 1 amide bonds. The Bertz CT molecular complexity index is 724. The number of amides is 1. The van der Waals surface area contributed by atoms with Crippen LogP contribution < -0.4 is 10.2 Å². The lowest BCUT2D eigenvalue weighted by Gasteiger charge is -2.09. The van der Waals surface area contributed by atoms with Crippen LogP contribution in [0.15, 0.2) is 47.6 Å². The van der Waals surface area contributed by atoms with Gasteiger partial charge < -0.3 is 9.84 Å². The average Bonchev–Trinajstić information content (AvgIpc) is 2.52. The average molecular weight is 298 g/mol. The van der Waals surface area contributed by atoms with Gasteiger partial charge in [-0.25, -0.2) is 5.43 Å². The number of hydrogen-bond acceptors (Lipinski definition) is 4. The maximum Gasteiger partial charge on any atom is 0.271 e. The Morgan fingerprint density at radius 3 is 2.68 bits per heavy atom. The van der Waals surface area contributed by atoms with E-state index in [1.807, 2.05) is 25.1 Å². The smallest absolute Gasteiger partial charge is 0.271 e. The number of rotatable bonds is 4. The Kier molecular flexibility index (Phi) is 4.78. The fourth-order valence-electron chi connectivity index (χ4n) is 2.01. The highest BCUT2D eigenvalue weighted by Crippen LogP contribution is 2.20. The molecule has 0 aliphatic rings. The van der Waals surface area contributed by atoms with E-state index in [0.29, 0.717) is 17.0 Å². The zero-order chi connectivity index (χ0) is 16.1. The summed E-state index contributed by atoms with van der Waals surface area (Å²) in [4.78, 5) is 12.0. The fourth-order valence-corrected chi connectivity index (χ4v) is 2.01. The second kappa shape index (κ2) is 6.76. The Morgan fingerprint density at radius 1 is 1.23 bits per heavy atom. The van der Waals surface area contributed by atoms with Crippen LogP contribution in [0.4, 0.5) is 0 Å². The highest BCUT2D eigenvalue weighted by Gasteiger charge is 2.09. The molecule has 0 heterocycles. The van der Waals surface area contributed by atoms with Gasteiger partial charge in [-0.1, -0.05) is 17.7 Å². The molecule has 22 heavy (non-hydrogen) atoms. The third-order valence-electron chi connectivity index (χ3n) is 3.18. The monoisotopic (exact) mass is 298 g/mol. The van der Waals surface area contributed by atoms with E-state index >= 15 is 0 Å². The molecule has 0 fully saturated rings. The molecule has 0 aliphatic heterocycles. The number of nitrogens with zero attached hydrogens (tertiary/aromatic N) is 1. The Labute approximate surface area is 129 Å². The number of hydrogen-bond donors (Lipinski definition) is 2. The van der Waals surface area contributed by atoms with Crippen LogP contribution >= 0.6 is 0 Å². The van der Waals surface area contributed by atoms with Gasteiger partial charge in [0.1, 0.15) is 11.5 Å². The number of hydrazone groups is 1. The lowest BCUT2D eigenvalue weighted by atomic mass is 10.1. The molecule has 0 unspecified atom stereocenters. The summed E-state index contributed by atoms with van der Waals surface area (Å²) in [5.74, 6) is 0.342. The molecule has 0 saturated heterocycles. The predicted octanol–water partition coefficient (Wildman–Crippen LogP) is 2.86. The van der Waals surface area contributed by atoms with E-state index in [0.717, 1.165) is 11.1 Å². The van der Waals surface area contributed by atoms with Crippen molar-refractivity contribution >= 4 is 11.6 Å². The van der Waals surface area contributed by atoms with Crippen molar-refractivity contribution in [3.63, 3.8) is 0 Å². The van der Waals surface area contributed by atoms with Crippen LogP contribution in [0.5, 0.6) is 11.5 Å². The molecular weight excluding hydrogens is 280 g/mol. The van der Waals surface area contributed by atoms with Gasteiger partial charge in [0.05, 0.1) is 12.8 Å². The normalized spacial score (nSPS) is 11.1. The van der Waals surface area contributed by atoms with Crippen LogP contribution in [0.25, 0.3) is 0 Å². The van der Waals surface area contributed by atoms with E-state index in [9.17, 15) is 9.90 Å². The number of aromatic hydroxyl groups is 1. The van der Waals surface area contributed by atoms with E-state index in [1.165, 1.54) is 12.1 Å². The molecule has 2 aromatic carbocycles. The summed E-state index contributed by atoms with van der Waals surface area (Å²) in [7, 11) is 1.59. The van der Waals surface area contributed by atoms with Crippen LogP contribution in [0.2, 0.25) is 0 Å². The molecule has 5 heteroatoms. The number of phenols is 1. The number of carbonyl (C=O) groups excluding carboxylic acids is 1. The zero-order valence-corrected chi connectivity index (χ0v) is 12.8. The lowest BCUT2D eigenvalue weighted by Crippen LogP contribution is -2.19. The first-order chi connectivity index (χ1) is 10.5. The molecule has 2 N–H and O–H groups in total. The summed E-state index contributed by atoms with van der Waals surface area (Å²) < 4.78 is 5.30. The number of ether oxygens (including phenoxy) is 1. The first-order valence-electron chi connectivity index (χ1n) is 6.80. The van der Waals surface area contributed by atoms with Gasteiger partial charge in [-0.3, -0.25) is 4.79 Å². The lowest BCUT2D eigenvalue weighted by molar-refractivity contribution is 0.0954. The molecule has 0 radical (unpaired) electrons. The number of carbonyl (C=O) groups is 1. The quantitative estimate of drug-likeness (QED) is 0.673. The number of methoxy groups -OCH3 is 1. The molecule has 0 atom stereocenters. The SMILES string of the molecule is COc1ccc(C)cc1/C(C)=N\NC(=O)c1cccc(O)c1. The maximum absolute atomic E-state index is 12.0. The first kappa shape index (κ1) is 15.6. The molecule has 2 rings (SSSR count). The Balaban J connectivity index is 2.19. The molecule has 2 aromatic rings. The van der Waals surface area contributed by atoms with Crippen molar-refractivity contribution in [2.75, 3.05) is 7.11 Å². The summed E-state index contributed by atoms with van der Waals surface area (Å²) in [6, 6.07) is 11.8. The first-order valence-corrected chi connectivity index (χ1v) is 6.80. The minimum Gasteiger partial charge on any atom is -0.508 e. The molecule has 0 bridgehead atoms. The summed E-state index contributed by atoms with van der Waals surface area (Å²) >= 11 is 0. The van der Waals surface area contributed by atoms with Crippen LogP contribution in [-0.4, -0.2) is 23.8 Å². The van der Waals surface area contributed by atoms with Gasteiger partial charge in [0, 0.05) is 11.1 Å². The van der Waals surface area contributed by atoms with Crippen molar-refractivity contribution in [3.8, 4) is 11.5 Å². The van der Waals surface area contributed by atoms with Gasteiger partial charge in [0.2, 0.25) is 0 Å². The van der Waals surface area contributed by atoms with Crippen molar-refractivity contribution < 1.29 is 14.6 Å². The number of phenolic OH excluding ortho intramolecular Hbond substituents is 1. The molecule has 0 spiro atoms. The van der Waals surface area contributed by atoms with Crippen LogP contribution in [0.1, 0.15) is 28.4 Å². The second-order valence-electron chi connectivity index (χ2n) is 4.89. The summed E-state index contributed by atoms with van der Waals surface area (Å²) in [6.45, 7) is 3.77. The minimum atomic E-state index is -0.387. The Hall–Kier alpha value is -2.82. The summed E-state index contributed by atoms with van der Waals surface area (Å²) in [5, 5.41) is 13.5. The van der Waals surface area contributed by atoms with Crippen molar-refractivity contribution in [2.24, 2.45) is 5.10 Å². The largest absolute Gasteiger partial charge is 0.508 e. The van der Waals surface area contributed by atoms with Crippen molar-refractivity contribution in [2.45, 2.75) is 13.8 Å².